The summed E-state index contributed by atoms with van der Waals surface area (Å²) in [5.41, 5.74) is 0. The van der Waals surface area contributed by atoms with Crippen molar-refractivity contribution in [3.63, 3.8) is 0 Å². The van der Waals surface area contributed by atoms with Gasteiger partial charge in [0.1, 0.15) is 12.4 Å². The molecule has 0 bridgehead atoms. The maximum absolute atomic E-state index is 12.6. The molecular weight excluding hydrogens is 327 g/mol. The number of benzene rings is 3. The smallest absolute Gasteiger partial charge is 0.359 e. The van der Waals surface area contributed by atoms with Crippen LogP contribution in [0.3, 0.4) is 0 Å². The molecule has 5 nitrogen and oxygen atoms in total. The van der Waals surface area contributed by atoms with E-state index < -0.39 is 7.60 Å². The first kappa shape index (κ1) is 16.9. The summed E-state index contributed by atoms with van der Waals surface area (Å²) in [5, 5.41) is 12.5. The zero-order chi connectivity index (χ0) is 17.2. The summed E-state index contributed by atoms with van der Waals surface area (Å²) < 4.78 is 23.5. The Hall–Kier alpha value is -1.91. The molecule has 0 aliphatic heterocycles. The van der Waals surface area contributed by atoms with Crippen molar-refractivity contribution in [1.82, 2.24) is 0 Å². The van der Waals surface area contributed by atoms with Gasteiger partial charge in [0.15, 0.2) is 0 Å². The Labute approximate surface area is 140 Å². The summed E-state index contributed by atoms with van der Waals surface area (Å²) in [6.07, 6.45) is 0. The Morgan fingerprint density at radius 3 is 2.58 bits per heavy atom. The lowest BCUT2D eigenvalue weighted by Gasteiger charge is -2.18. The fraction of sp³-hybridized carbons (Fsp3) is 0.222. The van der Waals surface area contributed by atoms with Crippen LogP contribution >= 0.6 is 7.60 Å². The lowest BCUT2D eigenvalue weighted by Crippen LogP contribution is -2.11. The normalized spacial score (nSPS) is 14.0. The topological polar surface area (TPSA) is 76.0 Å². The van der Waals surface area contributed by atoms with Crippen LogP contribution in [0.15, 0.2) is 48.5 Å². The molecule has 0 saturated carbocycles. The summed E-state index contributed by atoms with van der Waals surface area (Å²) >= 11 is 0. The third-order valence-corrected chi connectivity index (χ3v) is 5.35. The van der Waals surface area contributed by atoms with Crippen LogP contribution in [0.4, 0.5) is 0 Å². The highest BCUT2D eigenvalue weighted by atomic mass is 31.2. The molecule has 2 N–H and O–H groups in total. The molecule has 0 heterocycles. The van der Waals surface area contributed by atoms with Gasteiger partial charge in [-0.2, -0.15) is 0 Å². The van der Waals surface area contributed by atoms with Crippen molar-refractivity contribution in [2.45, 2.75) is 6.92 Å². The van der Waals surface area contributed by atoms with Gasteiger partial charge in [-0.05, 0) is 29.8 Å². The molecule has 1 atom stereocenters. The van der Waals surface area contributed by atoms with Gasteiger partial charge in [0.25, 0.3) is 0 Å². The first-order valence-electron chi connectivity index (χ1n) is 7.74. The molecule has 0 radical (unpaired) electrons. The number of aliphatic hydroxyl groups is 1. The maximum atomic E-state index is 12.6. The SMILES string of the molecule is CCOP(=O)(O)c1cccc2cc3ccccc3c(OCCO)c12. The molecule has 0 aliphatic rings. The Morgan fingerprint density at radius 2 is 1.83 bits per heavy atom. The van der Waals surface area contributed by atoms with Crippen molar-refractivity contribution in [3.05, 3.63) is 48.5 Å². The molecule has 6 heteroatoms. The van der Waals surface area contributed by atoms with E-state index in [0.717, 1.165) is 16.2 Å². The first-order chi connectivity index (χ1) is 11.6. The molecule has 3 aromatic carbocycles. The van der Waals surface area contributed by atoms with Crippen molar-refractivity contribution in [2.24, 2.45) is 0 Å². The molecule has 0 spiro atoms. The van der Waals surface area contributed by atoms with Crippen LogP contribution in [0.2, 0.25) is 0 Å². The van der Waals surface area contributed by atoms with Crippen LogP contribution in [0, 0.1) is 0 Å². The highest BCUT2D eigenvalue weighted by Crippen LogP contribution is 2.46. The van der Waals surface area contributed by atoms with E-state index in [2.05, 4.69) is 0 Å². The molecule has 1 unspecified atom stereocenters. The van der Waals surface area contributed by atoms with Gasteiger partial charge >= 0.3 is 7.60 Å². The van der Waals surface area contributed by atoms with Gasteiger partial charge in [0, 0.05) is 10.8 Å². The third kappa shape index (κ3) is 3.04. The molecule has 24 heavy (non-hydrogen) atoms. The summed E-state index contributed by atoms with van der Waals surface area (Å²) in [6, 6.07) is 14.8. The molecule has 126 valence electrons. The van der Waals surface area contributed by atoms with Crippen molar-refractivity contribution < 1.29 is 23.8 Å². The second-order valence-electron chi connectivity index (χ2n) is 5.31. The summed E-state index contributed by atoms with van der Waals surface area (Å²) in [6.45, 7) is 1.76. The van der Waals surface area contributed by atoms with E-state index in [0.29, 0.717) is 11.1 Å². The van der Waals surface area contributed by atoms with Crippen LogP contribution in [0.5, 0.6) is 5.75 Å². The van der Waals surface area contributed by atoms with Gasteiger partial charge in [-0.15, -0.1) is 0 Å². The minimum absolute atomic E-state index is 0.0990. The largest absolute Gasteiger partial charge is 0.490 e. The fourth-order valence-electron chi connectivity index (χ4n) is 2.83. The van der Waals surface area contributed by atoms with Gasteiger partial charge in [-0.3, -0.25) is 4.57 Å². The molecule has 0 fully saturated rings. The molecule has 0 aliphatic carbocycles. The average molecular weight is 346 g/mol. The van der Waals surface area contributed by atoms with Crippen molar-refractivity contribution in [2.75, 3.05) is 19.8 Å². The van der Waals surface area contributed by atoms with Gasteiger partial charge in [-0.1, -0.05) is 36.4 Å². The zero-order valence-electron chi connectivity index (χ0n) is 13.3. The van der Waals surface area contributed by atoms with E-state index in [4.69, 9.17) is 14.4 Å². The summed E-state index contributed by atoms with van der Waals surface area (Å²) in [4.78, 5) is 10.3. The average Bonchev–Trinajstić information content (AvgIpc) is 2.58. The summed E-state index contributed by atoms with van der Waals surface area (Å²) in [5.74, 6) is 0.488. The third-order valence-electron chi connectivity index (χ3n) is 3.76. The Kier molecular flexibility index (Phi) is 4.88. The van der Waals surface area contributed by atoms with E-state index in [1.165, 1.54) is 0 Å². The second kappa shape index (κ2) is 6.91. The molecule has 3 aromatic rings. The van der Waals surface area contributed by atoms with Crippen LogP contribution in [0.25, 0.3) is 21.5 Å². The number of hydrogen-bond donors (Lipinski definition) is 2. The van der Waals surface area contributed by atoms with Crippen molar-refractivity contribution in [3.8, 4) is 5.75 Å². The number of fused-ring (bicyclic) bond motifs is 2. The van der Waals surface area contributed by atoms with E-state index in [-0.39, 0.29) is 25.1 Å². The van der Waals surface area contributed by atoms with E-state index in [1.54, 1.807) is 19.1 Å². The van der Waals surface area contributed by atoms with Crippen LogP contribution < -0.4 is 10.0 Å². The standard InChI is InChI=1S/C18H19O5P/c1-2-23-24(20,21)16-9-5-7-14-12-13-6-3-4-8-15(13)18(17(14)16)22-11-10-19/h3-9,12,19H,2,10-11H2,1H3,(H,20,21). The highest BCUT2D eigenvalue weighted by Gasteiger charge is 2.27. The Morgan fingerprint density at radius 1 is 1.08 bits per heavy atom. The molecule has 0 saturated heterocycles. The van der Waals surface area contributed by atoms with E-state index >= 15 is 0 Å². The number of rotatable bonds is 6. The molecule has 0 amide bonds. The lowest BCUT2D eigenvalue weighted by molar-refractivity contribution is 0.204. The predicted molar refractivity (Wildman–Crippen MR) is 95.1 cm³/mol. The quantitative estimate of drug-likeness (QED) is 0.529. The lowest BCUT2D eigenvalue weighted by atomic mass is 10.0. The minimum atomic E-state index is -3.97. The highest BCUT2D eigenvalue weighted by molar-refractivity contribution is 7.61. The maximum Gasteiger partial charge on any atom is 0.359 e. The first-order valence-corrected chi connectivity index (χ1v) is 9.32. The van der Waals surface area contributed by atoms with Crippen molar-refractivity contribution >= 4 is 34.4 Å². The number of ether oxygens (including phenoxy) is 1. The van der Waals surface area contributed by atoms with Gasteiger partial charge in [0.05, 0.1) is 18.5 Å². The minimum Gasteiger partial charge on any atom is -0.490 e. The van der Waals surface area contributed by atoms with E-state index in [1.807, 2.05) is 36.4 Å². The van der Waals surface area contributed by atoms with Gasteiger partial charge < -0.3 is 19.3 Å². The van der Waals surface area contributed by atoms with E-state index in [9.17, 15) is 9.46 Å². The van der Waals surface area contributed by atoms with Gasteiger partial charge in [-0.25, -0.2) is 0 Å². The zero-order valence-corrected chi connectivity index (χ0v) is 14.2. The van der Waals surface area contributed by atoms with Gasteiger partial charge in [0.2, 0.25) is 0 Å². The monoisotopic (exact) mass is 346 g/mol. The Bertz CT molecular complexity index is 922. The second-order valence-corrected chi connectivity index (χ2v) is 7.09. The number of hydrogen-bond acceptors (Lipinski definition) is 4. The molecular formula is C18H19O5P. The van der Waals surface area contributed by atoms with Crippen molar-refractivity contribution in [1.29, 1.82) is 0 Å². The summed E-state index contributed by atoms with van der Waals surface area (Å²) in [7, 11) is -3.97. The van der Waals surface area contributed by atoms with Crippen LogP contribution in [0.1, 0.15) is 6.92 Å². The predicted octanol–water partition coefficient (Wildman–Crippen LogP) is 3.21. The van der Waals surface area contributed by atoms with Crippen LogP contribution in [-0.4, -0.2) is 29.8 Å². The fourth-order valence-corrected chi connectivity index (χ4v) is 4.11. The van der Waals surface area contributed by atoms with Crippen LogP contribution in [-0.2, 0) is 9.09 Å². The Balaban J connectivity index is 2.39. The number of aliphatic hydroxyl groups excluding tert-OH is 1. The molecule has 3 rings (SSSR count). The molecule has 0 aromatic heterocycles.